The van der Waals surface area contributed by atoms with Gasteiger partial charge < -0.3 is 15.9 Å². The first kappa shape index (κ1) is 11.0. The number of nitrogens with two attached hydrogens (primary N) is 1. The van der Waals surface area contributed by atoms with Crippen LogP contribution in [0.2, 0.25) is 0 Å². The van der Waals surface area contributed by atoms with Crippen LogP contribution in [-0.2, 0) is 0 Å². The van der Waals surface area contributed by atoms with Gasteiger partial charge in [0.15, 0.2) is 11.2 Å². The molecule has 1 unspecified atom stereocenters. The number of hydrogen-bond acceptors (Lipinski definition) is 6. The molecule has 2 atom stereocenters. The van der Waals surface area contributed by atoms with Crippen LogP contribution in [0.15, 0.2) is 18.5 Å². The van der Waals surface area contributed by atoms with E-state index >= 15 is 0 Å². The topological polar surface area (TPSA) is 110 Å². The number of allylic oxidation sites excluding steroid dienone is 1. The van der Waals surface area contributed by atoms with Crippen molar-refractivity contribution >= 4 is 17.1 Å². The molecule has 7 heteroatoms. The molecule has 1 aliphatic rings. The van der Waals surface area contributed by atoms with Gasteiger partial charge in [-0.2, -0.15) is 9.97 Å². The molecular weight excluding hydrogens is 234 g/mol. The number of anilines is 1. The molecule has 0 radical (unpaired) electrons. The van der Waals surface area contributed by atoms with Gasteiger partial charge in [-0.15, -0.1) is 0 Å². The summed E-state index contributed by atoms with van der Waals surface area (Å²) >= 11 is 0. The summed E-state index contributed by atoms with van der Waals surface area (Å²) in [6, 6.07) is 0. The van der Waals surface area contributed by atoms with Crippen LogP contribution in [0, 0.1) is 5.92 Å². The largest absolute Gasteiger partial charge is 0.492 e. The molecule has 0 spiro atoms. The summed E-state index contributed by atoms with van der Waals surface area (Å²) in [5.74, 6) is -0.290. The zero-order chi connectivity index (χ0) is 12.7. The molecule has 18 heavy (non-hydrogen) atoms. The second-order valence-electron chi connectivity index (χ2n) is 4.31. The van der Waals surface area contributed by atoms with Crippen LogP contribution in [0.5, 0.6) is 5.88 Å². The van der Waals surface area contributed by atoms with Crippen molar-refractivity contribution in [3.05, 3.63) is 18.5 Å². The van der Waals surface area contributed by atoms with Gasteiger partial charge in [0.25, 0.3) is 0 Å². The molecule has 1 aliphatic carbocycles. The van der Waals surface area contributed by atoms with Gasteiger partial charge in [0.05, 0.1) is 6.33 Å². The van der Waals surface area contributed by atoms with E-state index in [0.717, 1.165) is 12.8 Å². The normalized spacial score (nSPS) is 20.6. The van der Waals surface area contributed by atoms with E-state index in [1.54, 1.807) is 0 Å². The fourth-order valence-electron chi connectivity index (χ4n) is 2.22. The molecule has 7 nitrogen and oxygen atoms in total. The van der Waals surface area contributed by atoms with Gasteiger partial charge >= 0.3 is 0 Å². The second kappa shape index (κ2) is 3.95. The average molecular weight is 247 g/mol. The predicted molar refractivity (Wildman–Crippen MR) is 64.5 cm³/mol. The quantitative estimate of drug-likeness (QED) is 0.669. The molecule has 0 aromatic carbocycles. The molecule has 0 amide bonds. The summed E-state index contributed by atoms with van der Waals surface area (Å²) in [5, 5.41) is 19.9. The van der Waals surface area contributed by atoms with Crippen molar-refractivity contribution in [3.8, 4) is 5.88 Å². The number of hydrogen-bond donors (Lipinski definition) is 3. The average Bonchev–Trinajstić information content (AvgIpc) is 2.96. The van der Waals surface area contributed by atoms with Crippen LogP contribution in [0.1, 0.15) is 19.1 Å². The van der Waals surface area contributed by atoms with Crippen LogP contribution in [0.4, 0.5) is 5.95 Å². The molecule has 4 N–H and O–H groups in total. The number of aliphatic hydroxyl groups is 1. The number of fused-ring (bicyclic) bond motifs is 1. The molecule has 0 fully saturated rings. The highest BCUT2D eigenvalue weighted by molar-refractivity contribution is 5.77. The van der Waals surface area contributed by atoms with Crippen molar-refractivity contribution in [3.63, 3.8) is 0 Å². The van der Waals surface area contributed by atoms with E-state index in [9.17, 15) is 10.2 Å². The highest BCUT2D eigenvalue weighted by atomic mass is 16.3. The molecule has 2 aromatic heterocycles. The molecule has 2 aromatic rings. The number of aromatic hydroxyl groups is 1. The third-order valence-corrected chi connectivity index (χ3v) is 3.14. The maximum atomic E-state index is 10.3. The lowest BCUT2D eigenvalue weighted by molar-refractivity contribution is 0.0643. The maximum Gasteiger partial charge on any atom is 0.244 e. The second-order valence-corrected chi connectivity index (χ2v) is 4.31. The summed E-state index contributed by atoms with van der Waals surface area (Å²) in [6.45, 7) is 0. The van der Waals surface area contributed by atoms with Gasteiger partial charge in [-0.25, -0.2) is 4.98 Å². The van der Waals surface area contributed by atoms with E-state index < -0.39 is 6.23 Å². The van der Waals surface area contributed by atoms with Crippen LogP contribution in [0.25, 0.3) is 11.2 Å². The molecule has 2 heterocycles. The fraction of sp³-hybridized carbons (Fsp3) is 0.364. The number of nitrogens with zero attached hydrogens (tertiary/aromatic N) is 4. The number of aromatic nitrogens is 4. The van der Waals surface area contributed by atoms with E-state index in [1.807, 2.05) is 12.2 Å². The third-order valence-electron chi connectivity index (χ3n) is 3.14. The first-order valence-corrected chi connectivity index (χ1v) is 5.70. The molecule has 0 saturated heterocycles. The van der Waals surface area contributed by atoms with Crippen molar-refractivity contribution in [1.29, 1.82) is 0 Å². The van der Waals surface area contributed by atoms with Crippen LogP contribution < -0.4 is 5.73 Å². The minimum atomic E-state index is -0.762. The van der Waals surface area contributed by atoms with Crippen molar-refractivity contribution < 1.29 is 10.2 Å². The molecule has 0 bridgehead atoms. The summed E-state index contributed by atoms with van der Waals surface area (Å²) in [6.07, 6.45) is 6.52. The van der Waals surface area contributed by atoms with E-state index in [4.69, 9.17) is 5.73 Å². The third kappa shape index (κ3) is 1.60. The Hall–Kier alpha value is -2.15. The lowest BCUT2D eigenvalue weighted by Gasteiger charge is -2.18. The molecule has 0 aliphatic heterocycles. The van der Waals surface area contributed by atoms with Gasteiger partial charge in [0.1, 0.15) is 6.23 Å². The summed E-state index contributed by atoms with van der Waals surface area (Å²) < 4.78 is 1.51. The Kier molecular flexibility index (Phi) is 2.41. The van der Waals surface area contributed by atoms with Gasteiger partial charge in [-0.1, -0.05) is 12.2 Å². The van der Waals surface area contributed by atoms with E-state index in [0.29, 0.717) is 5.65 Å². The SMILES string of the molecule is Nc1nc(O)c2ncn([C@@H](O)C3C=CCC3)c2n1. The zero-order valence-corrected chi connectivity index (χ0v) is 9.56. The maximum absolute atomic E-state index is 10.3. The predicted octanol–water partition coefficient (Wildman–Crippen LogP) is 0.571. The van der Waals surface area contributed by atoms with Gasteiger partial charge in [0.2, 0.25) is 11.8 Å². The number of aliphatic hydroxyl groups excluding tert-OH is 1. The van der Waals surface area contributed by atoms with Crippen molar-refractivity contribution in [2.24, 2.45) is 5.92 Å². The lowest BCUT2D eigenvalue weighted by Crippen LogP contribution is -2.16. The molecule has 94 valence electrons. The van der Waals surface area contributed by atoms with E-state index in [1.165, 1.54) is 10.9 Å². The Labute approximate surface area is 103 Å². The molecular formula is C11H13N5O2. The van der Waals surface area contributed by atoms with Crippen molar-refractivity contribution in [2.45, 2.75) is 19.1 Å². The standard InChI is InChI=1S/C11H13N5O2/c12-11-14-8-7(9(17)15-11)13-5-16(8)10(18)6-3-1-2-4-6/h1,3,5-6,10,18H,2,4H2,(H3,12,14,15,17)/t6?,10-/m0/s1. The molecule has 0 saturated carbocycles. The van der Waals surface area contributed by atoms with Gasteiger partial charge in [-0.05, 0) is 12.8 Å². The number of nitrogen functional groups attached to an aromatic ring is 1. The Balaban J connectivity index is 2.09. The number of imidazole rings is 1. The smallest absolute Gasteiger partial charge is 0.244 e. The fourth-order valence-corrected chi connectivity index (χ4v) is 2.22. The van der Waals surface area contributed by atoms with E-state index in [-0.39, 0.29) is 23.3 Å². The van der Waals surface area contributed by atoms with Gasteiger partial charge in [-0.3, -0.25) is 4.57 Å². The minimum Gasteiger partial charge on any atom is -0.492 e. The Morgan fingerprint density at radius 2 is 2.28 bits per heavy atom. The monoisotopic (exact) mass is 247 g/mol. The Morgan fingerprint density at radius 3 is 3.00 bits per heavy atom. The first-order chi connectivity index (χ1) is 8.66. The summed E-state index contributed by atoms with van der Waals surface area (Å²) in [5.41, 5.74) is 6.07. The van der Waals surface area contributed by atoms with Gasteiger partial charge in [0, 0.05) is 5.92 Å². The van der Waals surface area contributed by atoms with E-state index in [2.05, 4.69) is 15.0 Å². The lowest BCUT2D eigenvalue weighted by atomic mass is 10.1. The Morgan fingerprint density at radius 1 is 1.44 bits per heavy atom. The first-order valence-electron chi connectivity index (χ1n) is 5.70. The minimum absolute atomic E-state index is 0.0285. The van der Waals surface area contributed by atoms with Crippen molar-refractivity contribution in [2.75, 3.05) is 5.73 Å². The van der Waals surface area contributed by atoms with Crippen molar-refractivity contribution in [1.82, 2.24) is 19.5 Å². The van der Waals surface area contributed by atoms with Crippen LogP contribution >= 0.6 is 0 Å². The number of rotatable bonds is 2. The zero-order valence-electron chi connectivity index (χ0n) is 9.56. The Bertz CT molecular complexity index is 621. The summed E-state index contributed by atoms with van der Waals surface area (Å²) in [7, 11) is 0. The van der Waals surface area contributed by atoms with Crippen LogP contribution in [0.3, 0.4) is 0 Å². The summed E-state index contributed by atoms with van der Waals surface area (Å²) in [4.78, 5) is 11.6. The van der Waals surface area contributed by atoms with Crippen LogP contribution in [-0.4, -0.2) is 29.7 Å². The highest BCUT2D eigenvalue weighted by Crippen LogP contribution is 2.30. The highest BCUT2D eigenvalue weighted by Gasteiger charge is 2.23. The molecule has 3 rings (SSSR count).